The molecule has 1 amide bonds. The topological polar surface area (TPSA) is 63.3 Å². The Balaban J connectivity index is 1.49. The minimum Gasteiger partial charge on any atom is -0.451 e. The number of furan rings is 1. The molecule has 4 aromatic rings. The normalized spacial score (nSPS) is 11.0. The van der Waals surface area contributed by atoms with Crippen molar-refractivity contribution in [2.75, 3.05) is 19.0 Å². The van der Waals surface area contributed by atoms with Gasteiger partial charge in [-0.15, -0.1) is 0 Å². The molecule has 0 bridgehead atoms. The smallest absolute Gasteiger partial charge is 0.297 e. The molecular formula is C23H24N4O2S. The minimum atomic E-state index is -0.248. The van der Waals surface area contributed by atoms with Gasteiger partial charge < -0.3 is 9.32 Å². The number of nitrogens with one attached hydrogen (secondary N) is 1. The Hall–Kier alpha value is -3.19. The fraction of sp³-hybridized carbons (Fsp3) is 0.217. The molecule has 0 spiro atoms. The number of aryl methyl sites for hydroxylation is 1. The van der Waals surface area contributed by atoms with Gasteiger partial charge in [0, 0.05) is 48.5 Å². The first-order valence-electron chi connectivity index (χ1n) is 9.81. The summed E-state index contributed by atoms with van der Waals surface area (Å²) in [5, 5.41) is 5.17. The van der Waals surface area contributed by atoms with Gasteiger partial charge in [-0.1, -0.05) is 19.1 Å². The van der Waals surface area contributed by atoms with Crippen LogP contribution in [0.2, 0.25) is 0 Å². The Kier molecular flexibility index (Phi) is 5.81. The zero-order valence-electron chi connectivity index (χ0n) is 17.3. The molecule has 2 heterocycles. The lowest BCUT2D eigenvalue weighted by Crippen LogP contribution is -2.15. The van der Waals surface area contributed by atoms with Crippen LogP contribution in [0.5, 0.6) is 0 Å². The van der Waals surface area contributed by atoms with E-state index in [-0.39, 0.29) is 5.91 Å². The van der Waals surface area contributed by atoms with Crippen molar-refractivity contribution < 1.29 is 9.21 Å². The number of aromatic nitrogens is 2. The van der Waals surface area contributed by atoms with Gasteiger partial charge in [-0.05, 0) is 59.8 Å². The molecular weight excluding hydrogens is 396 g/mol. The Morgan fingerprint density at radius 1 is 1.20 bits per heavy atom. The van der Waals surface area contributed by atoms with E-state index in [0.717, 1.165) is 28.0 Å². The molecule has 4 rings (SSSR count). The van der Waals surface area contributed by atoms with E-state index in [1.165, 1.54) is 17.5 Å². The molecule has 0 saturated heterocycles. The molecule has 0 atom stereocenters. The fourth-order valence-electron chi connectivity index (χ4n) is 3.23. The summed E-state index contributed by atoms with van der Waals surface area (Å²) < 4.78 is 10.6. The summed E-state index contributed by atoms with van der Waals surface area (Å²) in [6.45, 7) is 2.80. The molecule has 0 aliphatic carbocycles. The van der Waals surface area contributed by atoms with Crippen molar-refractivity contribution >= 4 is 34.5 Å². The highest BCUT2D eigenvalue weighted by molar-refractivity contribution is 7.98. The van der Waals surface area contributed by atoms with Crippen molar-refractivity contribution in [2.24, 2.45) is 0 Å². The first-order valence-corrected chi connectivity index (χ1v) is 10.6. The first kappa shape index (κ1) is 20.1. The number of hydrogen-bond donors (Lipinski definition) is 1. The predicted octanol–water partition coefficient (Wildman–Crippen LogP) is 4.74. The zero-order valence-corrected chi connectivity index (χ0v) is 18.1. The summed E-state index contributed by atoms with van der Waals surface area (Å²) in [5.74, 6) is 0.0567. The maximum absolute atomic E-state index is 12.7. The van der Waals surface area contributed by atoms with Crippen LogP contribution in [0.15, 0.2) is 70.2 Å². The van der Waals surface area contributed by atoms with Crippen molar-refractivity contribution in [3.05, 3.63) is 77.8 Å². The standard InChI is InChI=1S/C23H24N4O2S/c1-4-17-7-6-16(15-27-11-5-10-24-27)12-22(17)30-25-23(28)21-13-18-8-9-19(26(2)3)14-20(18)29-21/h5-14H,4,15H2,1-3H3,(H,25,28). The number of nitrogens with zero attached hydrogens (tertiary/aromatic N) is 3. The molecule has 30 heavy (non-hydrogen) atoms. The van der Waals surface area contributed by atoms with E-state index in [0.29, 0.717) is 17.9 Å². The lowest BCUT2D eigenvalue weighted by Gasteiger charge is -2.11. The highest BCUT2D eigenvalue weighted by Gasteiger charge is 2.14. The van der Waals surface area contributed by atoms with Gasteiger partial charge in [-0.2, -0.15) is 5.10 Å². The van der Waals surface area contributed by atoms with Gasteiger partial charge in [0.25, 0.3) is 5.91 Å². The predicted molar refractivity (Wildman–Crippen MR) is 121 cm³/mol. The van der Waals surface area contributed by atoms with Crippen molar-refractivity contribution in [3.63, 3.8) is 0 Å². The summed E-state index contributed by atoms with van der Waals surface area (Å²) in [7, 11) is 3.94. The van der Waals surface area contributed by atoms with Crippen LogP contribution >= 0.6 is 11.9 Å². The number of carbonyl (C=O) groups is 1. The SMILES string of the molecule is CCc1ccc(Cn2cccn2)cc1SNC(=O)c1cc2ccc(N(C)C)cc2o1. The van der Waals surface area contributed by atoms with Gasteiger partial charge in [0.2, 0.25) is 0 Å². The largest absolute Gasteiger partial charge is 0.451 e. The maximum atomic E-state index is 12.7. The average molecular weight is 421 g/mol. The summed E-state index contributed by atoms with van der Waals surface area (Å²) in [4.78, 5) is 15.7. The summed E-state index contributed by atoms with van der Waals surface area (Å²) in [6.07, 6.45) is 4.59. The fourth-order valence-corrected chi connectivity index (χ4v) is 4.08. The van der Waals surface area contributed by atoms with Crippen molar-refractivity contribution in [1.29, 1.82) is 0 Å². The summed E-state index contributed by atoms with van der Waals surface area (Å²) in [6, 6.07) is 15.9. The number of rotatable bonds is 7. The second-order valence-corrected chi connectivity index (χ2v) is 8.11. The van der Waals surface area contributed by atoms with E-state index < -0.39 is 0 Å². The molecule has 154 valence electrons. The van der Waals surface area contributed by atoms with Crippen LogP contribution in [0.4, 0.5) is 5.69 Å². The average Bonchev–Trinajstić information content (AvgIpc) is 3.41. The Bertz CT molecular complexity index is 1170. The molecule has 0 radical (unpaired) electrons. The van der Waals surface area contributed by atoms with E-state index in [1.54, 1.807) is 12.3 Å². The lowest BCUT2D eigenvalue weighted by molar-refractivity contribution is 0.0959. The third kappa shape index (κ3) is 4.36. The molecule has 0 aliphatic rings. The number of hydrogen-bond acceptors (Lipinski definition) is 5. The molecule has 0 aliphatic heterocycles. The number of amides is 1. The van der Waals surface area contributed by atoms with Crippen LogP contribution in [0.3, 0.4) is 0 Å². The molecule has 2 aromatic carbocycles. The Labute approximate surface area is 180 Å². The Morgan fingerprint density at radius 2 is 2.07 bits per heavy atom. The van der Waals surface area contributed by atoms with E-state index >= 15 is 0 Å². The third-order valence-electron chi connectivity index (χ3n) is 4.91. The van der Waals surface area contributed by atoms with Crippen LogP contribution in [0, 0.1) is 0 Å². The van der Waals surface area contributed by atoms with Gasteiger partial charge in [-0.3, -0.25) is 14.2 Å². The minimum absolute atomic E-state index is 0.248. The van der Waals surface area contributed by atoms with Crippen LogP contribution < -0.4 is 9.62 Å². The quantitative estimate of drug-likeness (QED) is 0.438. The van der Waals surface area contributed by atoms with E-state index in [2.05, 4.69) is 34.9 Å². The van der Waals surface area contributed by atoms with Crippen LogP contribution in [-0.2, 0) is 13.0 Å². The maximum Gasteiger partial charge on any atom is 0.297 e. The van der Waals surface area contributed by atoms with Crippen LogP contribution in [0.1, 0.15) is 28.6 Å². The summed E-state index contributed by atoms with van der Waals surface area (Å²) >= 11 is 1.32. The van der Waals surface area contributed by atoms with E-state index in [9.17, 15) is 4.79 Å². The highest BCUT2D eigenvalue weighted by atomic mass is 32.2. The number of fused-ring (bicyclic) bond motifs is 1. The molecule has 1 N–H and O–H groups in total. The molecule has 6 nitrogen and oxygen atoms in total. The van der Waals surface area contributed by atoms with E-state index in [1.807, 2.05) is 54.1 Å². The van der Waals surface area contributed by atoms with Crippen molar-refractivity contribution in [1.82, 2.24) is 14.5 Å². The number of carbonyl (C=O) groups excluding carboxylic acids is 1. The zero-order chi connectivity index (χ0) is 21.1. The van der Waals surface area contributed by atoms with E-state index in [4.69, 9.17) is 4.42 Å². The van der Waals surface area contributed by atoms with Crippen LogP contribution in [-0.4, -0.2) is 29.8 Å². The van der Waals surface area contributed by atoms with Crippen LogP contribution in [0.25, 0.3) is 11.0 Å². The van der Waals surface area contributed by atoms with Gasteiger partial charge in [0.15, 0.2) is 5.76 Å². The highest BCUT2D eigenvalue weighted by Crippen LogP contribution is 2.26. The monoisotopic (exact) mass is 420 g/mol. The number of anilines is 1. The second-order valence-electron chi connectivity index (χ2n) is 7.26. The number of benzene rings is 2. The molecule has 7 heteroatoms. The van der Waals surface area contributed by atoms with Gasteiger partial charge in [-0.25, -0.2) is 0 Å². The molecule has 0 unspecified atom stereocenters. The molecule has 0 saturated carbocycles. The Morgan fingerprint density at radius 3 is 2.80 bits per heavy atom. The van der Waals surface area contributed by atoms with Gasteiger partial charge in [0.1, 0.15) is 5.58 Å². The van der Waals surface area contributed by atoms with Crippen molar-refractivity contribution in [2.45, 2.75) is 24.8 Å². The van der Waals surface area contributed by atoms with Crippen molar-refractivity contribution in [3.8, 4) is 0 Å². The summed E-state index contributed by atoms with van der Waals surface area (Å²) in [5.41, 5.74) is 4.05. The molecule has 0 fully saturated rings. The first-order chi connectivity index (χ1) is 14.5. The lowest BCUT2D eigenvalue weighted by atomic mass is 10.1. The molecule has 2 aromatic heterocycles. The second kappa shape index (κ2) is 8.67. The third-order valence-corrected chi connectivity index (χ3v) is 5.80. The van der Waals surface area contributed by atoms with Gasteiger partial charge in [0.05, 0.1) is 6.54 Å². The van der Waals surface area contributed by atoms with Gasteiger partial charge >= 0.3 is 0 Å².